The van der Waals surface area contributed by atoms with Gasteiger partial charge in [-0.1, -0.05) is 32.9 Å². The lowest BCUT2D eigenvalue weighted by Gasteiger charge is -2.10. The first-order chi connectivity index (χ1) is 9.02. The number of rotatable bonds is 7. The second-order valence-corrected chi connectivity index (χ2v) is 6.39. The van der Waals surface area contributed by atoms with E-state index >= 15 is 0 Å². The Morgan fingerprint density at radius 2 is 1.89 bits per heavy atom. The van der Waals surface area contributed by atoms with Crippen LogP contribution in [0.3, 0.4) is 0 Å². The number of hydrogen-bond acceptors (Lipinski definition) is 3. The van der Waals surface area contributed by atoms with E-state index in [1.54, 1.807) is 11.8 Å². The molecule has 1 atom stereocenters. The molecule has 0 aliphatic heterocycles. The lowest BCUT2D eigenvalue weighted by Crippen LogP contribution is -2.16. The van der Waals surface area contributed by atoms with Gasteiger partial charge in [0.15, 0.2) is 0 Å². The average Bonchev–Trinajstić information content (AvgIpc) is 2.37. The molecule has 0 bridgehead atoms. The highest BCUT2D eigenvalue weighted by Gasteiger charge is 2.07. The van der Waals surface area contributed by atoms with Crippen molar-refractivity contribution in [2.45, 2.75) is 38.4 Å². The van der Waals surface area contributed by atoms with Gasteiger partial charge in [-0.3, -0.25) is 4.79 Å². The van der Waals surface area contributed by atoms with Crippen LogP contribution in [0.1, 0.15) is 38.7 Å². The molecule has 1 aromatic rings. The van der Waals surface area contributed by atoms with E-state index in [-0.39, 0.29) is 12.5 Å². The summed E-state index contributed by atoms with van der Waals surface area (Å²) < 4.78 is 0. The standard InChI is InChI=1S/C15H23NO2S/c1-11(2)13-4-6-14(7-5-13)16-15(18)10-19-12(3)8-9-17/h4-7,11-12,17H,8-10H2,1-3H3,(H,16,18). The van der Waals surface area contributed by atoms with E-state index in [4.69, 9.17) is 5.11 Å². The Morgan fingerprint density at radius 3 is 2.42 bits per heavy atom. The number of thioether (sulfide) groups is 1. The van der Waals surface area contributed by atoms with Crippen LogP contribution in [0.25, 0.3) is 0 Å². The Hall–Kier alpha value is -1.00. The van der Waals surface area contributed by atoms with Gasteiger partial charge in [-0.05, 0) is 30.0 Å². The molecule has 4 heteroatoms. The van der Waals surface area contributed by atoms with Crippen LogP contribution in [0, 0.1) is 0 Å². The lowest BCUT2D eigenvalue weighted by atomic mass is 10.0. The summed E-state index contributed by atoms with van der Waals surface area (Å²) in [5.41, 5.74) is 2.11. The molecule has 3 nitrogen and oxygen atoms in total. The van der Waals surface area contributed by atoms with Gasteiger partial charge in [-0.15, -0.1) is 11.8 Å². The molecule has 19 heavy (non-hydrogen) atoms. The van der Waals surface area contributed by atoms with Gasteiger partial charge in [-0.2, -0.15) is 0 Å². The van der Waals surface area contributed by atoms with Gasteiger partial charge < -0.3 is 10.4 Å². The van der Waals surface area contributed by atoms with Crippen LogP contribution in [0.5, 0.6) is 0 Å². The summed E-state index contributed by atoms with van der Waals surface area (Å²) in [4.78, 5) is 11.7. The van der Waals surface area contributed by atoms with Crippen molar-refractivity contribution in [3.8, 4) is 0 Å². The van der Waals surface area contributed by atoms with Gasteiger partial charge in [0.2, 0.25) is 5.91 Å². The normalized spacial score (nSPS) is 12.5. The summed E-state index contributed by atoms with van der Waals surface area (Å²) in [7, 11) is 0. The maximum absolute atomic E-state index is 11.7. The monoisotopic (exact) mass is 281 g/mol. The van der Waals surface area contributed by atoms with Crippen molar-refractivity contribution >= 4 is 23.4 Å². The molecule has 1 amide bonds. The van der Waals surface area contributed by atoms with Crippen molar-refractivity contribution in [1.82, 2.24) is 0 Å². The number of anilines is 1. The van der Waals surface area contributed by atoms with Gasteiger partial charge >= 0.3 is 0 Å². The summed E-state index contributed by atoms with van der Waals surface area (Å²) >= 11 is 1.56. The van der Waals surface area contributed by atoms with Gasteiger partial charge in [0.1, 0.15) is 0 Å². The Labute approximate surface area is 119 Å². The van der Waals surface area contributed by atoms with Gasteiger partial charge in [0.25, 0.3) is 0 Å². The van der Waals surface area contributed by atoms with Crippen LogP contribution in [0.4, 0.5) is 5.69 Å². The van der Waals surface area contributed by atoms with Crippen molar-refractivity contribution in [3.63, 3.8) is 0 Å². The van der Waals surface area contributed by atoms with E-state index < -0.39 is 0 Å². The minimum atomic E-state index is 0.00656. The second kappa shape index (κ2) is 8.23. The van der Waals surface area contributed by atoms with Gasteiger partial charge in [-0.25, -0.2) is 0 Å². The van der Waals surface area contributed by atoms with Gasteiger partial charge in [0.05, 0.1) is 5.75 Å². The first kappa shape index (κ1) is 16.1. The van der Waals surface area contributed by atoms with Crippen molar-refractivity contribution < 1.29 is 9.90 Å². The van der Waals surface area contributed by atoms with Crippen LogP contribution in [0.2, 0.25) is 0 Å². The highest BCUT2D eigenvalue weighted by molar-refractivity contribution is 8.00. The van der Waals surface area contributed by atoms with Crippen LogP contribution in [-0.2, 0) is 4.79 Å². The third kappa shape index (κ3) is 6.12. The van der Waals surface area contributed by atoms with E-state index in [9.17, 15) is 4.79 Å². The first-order valence-electron chi connectivity index (χ1n) is 6.65. The molecule has 1 unspecified atom stereocenters. The molecule has 0 spiro atoms. The number of benzene rings is 1. The van der Waals surface area contributed by atoms with Crippen molar-refractivity contribution in [1.29, 1.82) is 0 Å². The third-order valence-electron chi connectivity index (χ3n) is 2.90. The van der Waals surface area contributed by atoms with Crippen molar-refractivity contribution in [3.05, 3.63) is 29.8 Å². The number of amides is 1. The molecule has 0 saturated heterocycles. The Kier molecular flexibility index (Phi) is 6.95. The van der Waals surface area contributed by atoms with Crippen molar-refractivity contribution in [2.24, 2.45) is 0 Å². The molecule has 106 valence electrons. The molecule has 1 rings (SSSR count). The fraction of sp³-hybridized carbons (Fsp3) is 0.533. The Bertz CT molecular complexity index is 390. The van der Waals surface area contributed by atoms with Crippen molar-refractivity contribution in [2.75, 3.05) is 17.7 Å². The molecule has 0 heterocycles. The largest absolute Gasteiger partial charge is 0.396 e. The average molecular weight is 281 g/mol. The maximum atomic E-state index is 11.7. The minimum Gasteiger partial charge on any atom is -0.396 e. The summed E-state index contributed by atoms with van der Waals surface area (Å²) in [6.07, 6.45) is 0.723. The van der Waals surface area contributed by atoms with Gasteiger partial charge in [0, 0.05) is 17.5 Å². The topological polar surface area (TPSA) is 49.3 Å². The van der Waals surface area contributed by atoms with E-state index in [1.807, 2.05) is 31.2 Å². The molecule has 1 aromatic carbocycles. The van der Waals surface area contributed by atoms with E-state index in [2.05, 4.69) is 19.2 Å². The molecule has 2 N–H and O–H groups in total. The zero-order valence-corrected chi connectivity index (χ0v) is 12.7. The summed E-state index contributed by atoms with van der Waals surface area (Å²) in [5.74, 6) is 0.930. The molecule has 0 saturated carbocycles. The quantitative estimate of drug-likeness (QED) is 0.806. The predicted molar refractivity (Wildman–Crippen MR) is 82.8 cm³/mol. The molecule has 0 aliphatic carbocycles. The summed E-state index contributed by atoms with van der Waals surface area (Å²) in [6, 6.07) is 7.97. The molecular weight excluding hydrogens is 258 g/mol. The summed E-state index contributed by atoms with van der Waals surface area (Å²) in [6.45, 7) is 6.48. The SMILES string of the molecule is CC(CCO)SCC(=O)Nc1ccc(C(C)C)cc1. The van der Waals surface area contributed by atoms with Crippen LogP contribution < -0.4 is 5.32 Å². The first-order valence-corrected chi connectivity index (χ1v) is 7.70. The number of carbonyl (C=O) groups excluding carboxylic acids is 1. The van der Waals surface area contributed by atoms with E-state index in [0.29, 0.717) is 16.9 Å². The third-order valence-corrected chi connectivity index (χ3v) is 4.13. The lowest BCUT2D eigenvalue weighted by molar-refractivity contribution is -0.113. The number of nitrogens with one attached hydrogen (secondary N) is 1. The highest BCUT2D eigenvalue weighted by Crippen LogP contribution is 2.18. The highest BCUT2D eigenvalue weighted by atomic mass is 32.2. The summed E-state index contributed by atoms with van der Waals surface area (Å²) in [5, 5.41) is 12.0. The predicted octanol–water partition coefficient (Wildman–Crippen LogP) is 3.25. The Morgan fingerprint density at radius 1 is 1.26 bits per heavy atom. The zero-order chi connectivity index (χ0) is 14.3. The fourth-order valence-electron chi connectivity index (χ4n) is 1.63. The number of hydrogen-bond donors (Lipinski definition) is 2. The zero-order valence-electron chi connectivity index (χ0n) is 11.8. The number of aliphatic hydroxyl groups is 1. The van der Waals surface area contributed by atoms with E-state index in [1.165, 1.54) is 5.56 Å². The Balaban J connectivity index is 2.40. The molecule has 0 aliphatic rings. The van der Waals surface area contributed by atoms with E-state index in [0.717, 1.165) is 12.1 Å². The van der Waals surface area contributed by atoms with Crippen LogP contribution in [-0.4, -0.2) is 28.6 Å². The minimum absolute atomic E-state index is 0.00656. The molecule has 0 radical (unpaired) electrons. The second-order valence-electron chi connectivity index (χ2n) is 4.96. The number of carbonyl (C=O) groups is 1. The number of aliphatic hydroxyl groups excluding tert-OH is 1. The molecule has 0 fully saturated rings. The maximum Gasteiger partial charge on any atom is 0.234 e. The fourth-order valence-corrected chi connectivity index (χ4v) is 2.41. The van der Waals surface area contributed by atoms with Crippen LogP contribution >= 0.6 is 11.8 Å². The smallest absolute Gasteiger partial charge is 0.234 e. The van der Waals surface area contributed by atoms with Crippen LogP contribution in [0.15, 0.2) is 24.3 Å². The molecule has 0 aromatic heterocycles. The molecular formula is C15H23NO2S.